The minimum Gasteiger partial charge on any atom is -0.431 e. The van der Waals surface area contributed by atoms with E-state index in [2.05, 4.69) is 44.7 Å². The first kappa shape index (κ1) is 26.1. The first-order valence-corrected chi connectivity index (χ1v) is 13.6. The number of benzene rings is 3. The summed E-state index contributed by atoms with van der Waals surface area (Å²) in [7, 11) is 0. The zero-order valence-electron chi connectivity index (χ0n) is 21.5. The zero-order valence-corrected chi connectivity index (χ0v) is 22.3. The molecule has 36 heavy (non-hydrogen) atoms. The van der Waals surface area contributed by atoms with Gasteiger partial charge in [-0.3, -0.25) is 4.90 Å². The van der Waals surface area contributed by atoms with E-state index in [4.69, 9.17) is 9.47 Å². The van der Waals surface area contributed by atoms with Gasteiger partial charge in [-0.1, -0.05) is 111 Å². The minimum atomic E-state index is -0.944. The van der Waals surface area contributed by atoms with Crippen LogP contribution < -0.4 is 0 Å². The van der Waals surface area contributed by atoms with E-state index in [1.807, 2.05) is 84.8 Å². The number of ether oxygens (including phenoxy) is 2. The molecule has 1 saturated heterocycles. The summed E-state index contributed by atoms with van der Waals surface area (Å²) in [5.41, 5.74) is 2.93. The van der Waals surface area contributed by atoms with E-state index in [9.17, 15) is 4.79 Å². The van der Waals surface area contributed by atoms with Crippen LogP contribution in [0.15, 0.2) is 103 Å². The highest BCUT2D eigenvalue weighted by Crippen LogP contribution is 2.49. The van der Waals surface area contributed by atoms with Gasteiger partial charge in [0.2, 0.25) is 0 Å². The van der Waals surface area contributed by atoms with Crippen LogP contribution in [-0.4, -0.2) is 34.8 Å². The summed E-state index contributed by atoms with van der Waals surface area (Å²) in [5, 5.41) is -0.305. The molecule has 1 heterocycles. The van der Waals surface area contributed by atoms with Crippen molar-refractivity contribution >= 4 is 17.9 Å². The topological polar surface area (TPSA) is 38.8 Å². The molecule has 0 aliphatic carbocycles. The quantitative estimate of drug-likeness (QED) is 0.274. The van der Waals surface area contributed by atoms with Gasteiger partial charge in [0.25, 0.3) is 0 Å². The van der Waals surface area contributed by atoms with Crippen molar-refractivity contribution in [1.29, 1.82) is 0 Å². The Kier molecular flexibility index (Phi) is 8.22. The highest BCUT2D eigenvalue weighted by atomic mass is 32.2. The summed E-state index contributed by atoms with van der Waals surface area (Å²) in [6, 6.07) is 30.0. The van der Waals surface area contributed by atoms with E-state index >= 15 is 0 Å². The van der Waals surface area contributed by atoms with Crippen molar-refractivity contribution < 1.29 is 14.3 Å². The fraction of sp³-hybridized carbons (Fsp3) is 0.323. The summed E-state index contributed by atoms with van der Waals surface area (Å²) in [6.07, 6.45) is 1.31. The Morgan fingerprint density at radius 1 is 0.972 bits per heavy atom. The fourth-order valence-corrected chi connectivity index (χ4v) is 6.22. The average molecular weight is 502 g/mol. The normalized spacial score (nSPS) is 18.6. The molecule has 0 radical (unpaired) electrons. The van der Waals surface area contributed by atoms with Crippen LogP contribution in [-0.2, 0) is 21.7 Å². The van der Waals surface area contributed by atoms with Gasteiger partial charge in [-0.25, -0.2) is 4.79 Å². The third-order valence-corrected chi connectivity index (χ3v) is 7.70. The molecule has 1 fully saturated rings. The summed E-state index contributed by atoms with van der Waals surface area (Å²) in [6.45, 7) is 10.9. The Balaban J connectivity index is 1.79. The van der Waals surface area contributed by atoms with Gasteiger partial charge < -0.3 is 9.47 Å². The number of amides is 1. The third-order valence-electron chi connectivity index (χ3n) is 6.74. The van der Waals surface area contributed by atoms with Gasteiger partial charge in [-0.05, 0) is 30.2 Å². The van der Waals surface area contributed by atoms with Gasteiger partial charge in [0.05, 0.1) is 12.6 Å². The first-order valence-electron chi connectivity index (χ1n) is 12.4. The Bertz CT molecular complexity index is 1110. The Morgan fingerprint density at radius 2 is 1.47 bits per heavy atom. The molecule has 5 heteroatoms. The SMILES string of the molecule is C=C(C)[C@H](OCc1ccccc1)[C@H](SC)N1C(=O)OC(c2ccccc2)(c2ccccc2)[C@@H]1C(C)C. The summed E-state index contributed by atoms with van der Waals surface area (Å²) < 4.78 is 12.9. The smallest absolute Gasteiger partial charge is 0.412 e. The highest BCUT2D eigenvalue weighted by molar-refractivity contribution is 7.99. The lowest BCUT2D eigenvalue weighted by Crippen LogP contribution is -2.53. The number of cyclic esters (lactones) is 1. The maximum absolute atomic E-state index is 13.9. The van der Waals surface area contributed by atoms with Gasteiger partial charge in [0, 0.05) is 11.1 Å². The van der Waals surface area contributed by atoms with Crippen molar-refractivity contribution in [2.75, 3.05) is 6.26 Å². The predicted molar refractivity (Wildman–Crippen MR) is 148 cm³/mol. The van der Waals surface area contributed by atoms with Gasteiger partial charge in [0.1, 0.15) is 11.5 Å². The van der Waals surface area contributed by atoms with Gasteiger partial charge >= 0.3 is 6.09 Å². The van der Waals surface area contributed by atoms with Crippen LogP contribution in [0.4, 0.5) is 4.79 Å². The molecule has 0 aromatic heterocycles. The number of rotatable bonds is 10. The van der Waals surface area contributed by atoms with Gasteiger partial charge in [-0.15, -0.1) is 11.8 Å². The molecule has 188 valence electrons. The number of nitrogens with zero attached hydrogens (tertiary/aromatic N) is 1. The van der Waals surface area contributed by atoms with Crippen LogP contribution in [0.1, 0.15) is 37.5 Å². The largest absolute Gasteiger partial charge is 0.431 e. The molecule has 3 atom stereocenters. The van der Waals surface area contributed by atoms with E-state index in [0.29, 0.717) is 6.61 Å². The molecule has 1 aliphatic heterocycles. The fourth-order valence-electron chi connectivity index (χ4n) is 5.22. The van der Waals surface area contributed by atoms with Crippen LogP contribution in [0.2, 0.25) is 0 Å². The van der Waals surface area contributed by atoms with Crippen LogP contribution in [0, 0.1) is 5.92 Å². The summed E-state index contributed by atoms with van der Waals surface area (Å²) >= 11 is 1.59. The number of hydrogen-bond acceptors (Lipinski definition) is 4. The summed E-state index contributed by atoms with van der Waals surface area (Å²) in [4.78, 5) is 15.8. The van der Waals surface area contributed by atoms with Gasteiger partial charge in [0.15, 0.2) is 5.60 Å². The third kappa shape index (κ3) is 4.95. The maximum Gasteiger partial charge on any atom is 0.412 e. The van der Waals surface area contributed by atoms with E-state index in [1.54, 1.807) is 11.8 Å². The van der Waals surface area contributed by atoms with Crippen molar-refractivity contribution in [2.45, 2.75) is 50.5 Å². The van der Waals surface area contributed by atoms with Crippen LogP contribution in [0.3, 0.4) is 0 Å². The molecule has 0 N–H and O–H groups in total. The number of carbonyl (C=O) groups is 1. The second-order valence-corrected chi connectivity index (χ2v) is 10.6. The standard InChI is InChI=1S/C31H35NO3S/c1-22(2)27(34-21-24-15-9-6-10-16-24)29(36-5)32-28(23(3)4)31(35-30(32)33,25-17-11-7-12-18-25)26-19-13-8-14-20-26/h6-20,23,27-29H,1,21H2,2-5H3/t27-,28-,29-/m0/s1. The van der Waals surface area contributed by atoms with Crippen molar-refractivity contribution in [3.8, 4) is 0 Å². The number of carbonyl (C=O) groups excluding carboxylic acids is 1. The molecule has 1 aliphatic rings. The first-order chi connectivity index (χ1) is 17.4. The van der Waals surface area contributed by atoms with E-state index in [-0.39, 0.29) is 29.5 Å². The molecule has 0 bridgehead atoms. The lowest BCUT2D eigenvalue weighted by atomic mass is 9.75. The van der Waals surface area contributed by atoms with Crippen molar-refractivity contribution in [2.24, 2.45) is 5.92 Å². The minimum absolute atomic E-state index is 0.103. The Labute approximate surface area is 219 Å². The van der Waals surface area contributed by atoms with Gasteiger partial charge in [-0.2, -0.15) is 0 Å². The molecule has 1 amide bonds. The van der Waals surface area contributed by atoms with E-state index in [1.165, 1.54) is 0 Å². The lowest BCUT2D eigenvalue weighted by molar-refractivity contribution is 0.0198. The molecule has 3 aromatic rings. The van der Waals surface area contributed by atoms with Crippen LogP contribution in [0.5, 0.6) is 0 Å². The lowest BCUT2D eigenvalue weighted by Gasteiger charge is -2.42. The number of thioether (sulfide) groups is 1. The van der Waals surface area contributed by atoms with E-state index in [0.717, 1.165) is 22.3 Å². The summed E-state index contributed by atoms with van der Waals surface area (Å²) in [5.74, 6) is 0.103. The monoisotopic (exact) mass is 501 g/mol. The van der Waals surface area contributed by atoms with Crippen LogP contribution >= 0.6 is 11.8 Å². The van der Waals surface area contributed by atoms with Crippen molar-refractivity contribution in [1.82, 2.24) is 4.90 Å². The predicted octanol–water partition coefficient (Wildman–Crippen LogP) is 7.26. The molecule has 3 aromatic carbocycles. The molecule has 0 spiro atoms. The second-order valence-electron chi connectivity index (χ2n) is 9.62. The molecule has 4 nitrogen and oxygen atoms in total. The second kappa shape index (κ2) is 11.4. The van der Waals surface area contributed by atoms with Crippen LogP contribution in [0.25, 0.3) is 0 Å². The Morgan fingerprint density at radius 3 is 1.92 bits per heavy atom. The number of hydrogen-bond donors (Lipinski definition) is 0. The van der Waals surface area contributed by atoms with E-state index < -0.39 is 5.60 Å². The highest BCUT2D eigenvalue weighted by Gasteiger charge is 2.59. The Hall–Kier alpha value is -3.02. The maximum atomic E-state index is 13.9. The molecular formula is C31H35NO3S. The molecule has 0 unspecified atom stereocenters. The van der Waals surface area contributed by atoms with Crippen molar-refractivity contribution in [3.05, 3.63) is 120 Å². The molecular weight excluding hydrogens is 466 g/mol. The zero-order chi connectivity index (χ0) is 25.7. The average Bonchev–Trinajstić information content (AvgIpc) is 3.22. The van der Waals surface area contributed by atoms with Crippen molar-refractivity contribution in [3.63, 3.8) is 0 Å². The molecule has 4 rings (SSSR count). The molecule has 0 saturated carbocycles.